The van der Waals surface area contributed by atoms with Crippen molar-refractivity contribution in [3.63, 3.8) is 0 Å². The van der Waals surface area contributed by atoms with Gasteiger partial charge in [-0.05, 0) is 82.4 Å². The standard InChI is InChI=1S/C42H42N10O9S2/c1-59-31-13-7-27(8-14-31)23-51(24-28-9-15-32(60-2)16-10-28)63(57,58)40-37(62(55,56)47-30-21-22-50(26-30)42(53)54)20-19-34(35-5-4-6-36-39(35)44-48-43-36)38(40)41-45-49-52(46-41)25-29-11-17-33(61-3)18-12-29/h4-20,30,47H,21-26H2,1-3H3,(H,53,54)(H,43,44,48)/t30-/m1/s1. The summed E-state index contributed by atoms with van der Waals surface area (Å²) in [4.78, 5) is 12.9. The normalized spacial score (nSPS) is 14.3. The number of fused-ring (bicyclic) bond motifs is 1. The minimum Gasteiger partial charge on any atom is -0.497 e. The molecule has 0 aliphatic carbocycles. The van der Waals surface area contributed by atoms with E-state index in [-0.39, 0.29) is 56.1 Å². The Morgan fingerprint density at radius 1 is 0.794 bits per heavy atom. The number of ether oxygens (including phenoxy) is 3. The zero-order chi connectivity index (χ0) is 44.3. The summed E-state index contributed by atoms with van der Waals surface area (Å²) in [6, 6.07) is 27.9. The summed E-state index contributed by atoms with van der Waals surface area (Å²) in [7, 11) is -5.09. The van der Waals surface area contributed by atoms with Crippen LogP contribution in [0.3, 0.4) is 0 Å². The zero-order valence-corrected chi connectivity index (χ0v) is 35.9. The van der Waals surface area contributed by atoms with E-state index < -0.39 is 42.0 Å². The first-order valence-corrected chi connectivity index (χ1v) is 22.4. The number of aromatic nitrogens is 7. The summed E-state index contributed by atoms with van der Waals surface area (Å²) >= 11 is 0. The van der Waals surface area contributed by atoms with Gasteiger partial charge < -0.3 is 24.2 Å². The average Bonchev–Trinajstić information content (AvgIpc) is 4.08. The molecule has 1 saturated heterocycles. The third-order valence-corrected chi connectivity index (χ3v) is 14.2. The minimum atomic E-state index is -4.93. The number of tetrazole rings is 1. The van der Waals surface area contributed by atoms with E-state index in [1.807, 2.05) is 12.1 Å². The van der Waals surface area contributed by atoms with Gasteiger partial charge in [0.25, 0.3) is 0 Å². The number of carbonyl (C=O) groups is 1. The number of hydrogen-bond acceptors (Lipinski definition) is 13. The summed E-state index contributed by atoms with van der Waals surface area (Å²) in [6.45, 7) is -0.352. The van der Waals surface area contributed by atoms with Crippen LogP contribution >= 0.6 is 0 Å². The number of carboxylic acid groups (broad SMARTS) is 1. The Kier molecular flexibility index (Phi) is 12.1. The zero-order valence-electron chi connectivity index (χ0n) is 34.2. The molecule has 1 aliphatic rings. The van der Waals surface area contributed by atoms with Gasteiger partial charge in [-0.2, -0.15) is 9.10 Å². The number of methoxy groups -OCH3 is 3. The first kappa shape index (κ1) is 42.7. The number of nitrogens with zero attached hydrogens (tertiary/aromatic N) is 8. The number of benzene rings is 5. The molecule has 3 heterocycles. The molecule has 3 N–H and O–H groups in total. The van der Waals surface area contributed by atoms with Crippen LogP contribution in [0.2, 0.25) is 0 Å². The highest BCUT2D eigenvalue weighted by Gasteiger charge is 2.39. The van der Waals surface area contributed by atoms with Gasteiger partial charge in [-0.25, -0.2) is 26.4 Å². The predicted octanol–water partition coefficient (Wildman–Crippen LogP) is 4.77. The maximum Gasteiger partial charge on any atom is 0.407 e. The highest BCUT2D eigenvalue weighted by Crippen LogP contribution is 2.43. The molecule has 19 nitrogen and oxygen atoms in total. The van der Waals surface area contributed by atoms with Gasteiger partial charge in [0.1, 0.15) is 32.6 Å². The van der Waals surface area contributed by atoms with Crippen molar-refractivity contribution in [3.05, 3.63) is 120 Å². The third kappa shape index (κ3) is 9.02. The van der Waals surface area contributed by atoms with Gasteiger partial charge >= 0.3 is 6.09 Å². The van der Waals surface area contributed by atoms with Gasteiger partial charge in [0.05, 0.1) is 39.0 Å². The fourth-order valence-corrected chi connectivity index (χ4v) is 11.1. The number of likely N-dealkylation sites (tertiary alicyclic amines) is 1. The Morgan fingerprint density at radius 3 is 1.97 bits per heavy atom. The molecule has 0 bridgehead atoms. The average molecular weight is 895 g/mol. The molecule has 1 atom stereocenters. The monoisotopic (exact) mass is 894 g/mol. The van der Waals surface area contributed by atoms with Gasteiger partial charge in [0.15, 0.2) is 0 Å². The molecule has 8 rings (SSSR count). The Bertz CT molecular complexity index is 2930. The SMILES string of the molecule is COc1ccc(CN(Cc2ccc(OC)cc2)S(=O)(=O)c2c(S(=O)(=O)N[C@@H]3CCN(C(=O)O)C3)ccc(-c3cccc4[nH]nnc34)c2-c2nnn(Cc3ccc(OC)cc3)n2)cc1. The summed E-state index contributed by atoms with van der Waals surface area (Å²) in [5.41, 5.74) is 3.29. The van der Waals surface area contributed by atoms with Crippen LogP contribution in [0.4, 0.5) is 4.79 Å². The number of amides is 1. The second-order valence-electron chi connectivity index (χ2n) is 14.6. The fraction of sp³-hybridized carbons (Fsp3) is 0.238. The number of H-pyrrole nitrogens is 1. The van der Waals surface area contributed by atoms with Crippen molar-refractivity contribution in [2.24, 2.45) is 0 Å². The van der Waals surface area contributed by atoms with Crippen molar-refractivity contribution < 1.29 is 40.9 Å². The van der Waals surface area contributed by atoms with Crippen LogP contribution < -0.4 is 18.9 Å². The van der Waals surface area contributed by atoms with E-state index in [4.69, 9.17) is 14.2 Å². The second kappa shape index (κ2) is 17.8. The van der Waals surface area contributed by atoms with Gasteiger partial charge in [-0.3, -0.25) is 5.10 Å². The molecule has 0 saturated carbocycles. The van der Waals surface area contributed by atoms with E-state index in [0.29, 0.717) is 45.0 Å². The van der Waals surface area contributed by atoms with Crippen molar-refractivity contribution in [1.29, 1.82) is 0 Å². The van der Waals surface area contributed by atoms with E-state index in [1.165, 1.54) is 35.5 Å². The lowest BCUT2D eigenvalue weighted by Gasteiger charge is -2.26. The molecule has 63 heavy (non-hydrogen) atoms. The van der Waals surface area contributed by atoms with Crippen LogP contribution in [0, 0.1) is 0 Å². The van der Waals surface area contributed by atoms with E-state index in [2.05, 4.69) is 35.5 Å². The van der Waals surface area contributed by atoms with Crippen LogP contribution in [0.15, 0.2) is 113 Å². The van der Waals surface area contributed by atoms with Crippen molar-refractivity contribution in [2.45, 2.75) is 41.9 Å². The lowest BCUT2D eigenvalue weighted by atomic mass is 9.98. The van der Waals surface area contributed by atoms with Gasteiger partial charge in [0.2, 0.25) is 25.9 Å². The summed E-state index contributed by atoms with van der Waals surface area (Å²) < 4.78 is 81.4. The molecule has 0 spiro atoms. The van der Waals surface area contributed by atoms with Gasteiger partial charge in [-0.15, -0.1) is 15.3 Å². The van der Waals surface area contributed by atoms with Crippen molar-refractivity contribution in [2.75, 3.05) is 34.4 Å². The molecule has 21 heteroatoms. The maximum atomic E-state index is 16.0. The van der Waals surface area contributed by atoms with Gasteiger partial charge in [-0.1, -0.05) is 59.8 Å². The van der Waals surface area contributed by atoms with E-state index in [0.717, 1.165) is 10.5 Å². The molecule has 7 aromatic rings. The lowest BCUT2D eigenvalue weighted by Crippen LogP contribution is -2.39. The minimum absolute atomic E-state index is 0.0816. The molecular weight excluding hydrogens is 853 g/mol. The second-order valence-corrected chi connectivity index (χ2v) is 18.2. The Hall–Kier alpha value is -6.94. The predicted molar refractivity (Wildman–Crippen MR) is 229 cm³/mol. The van der Waals surface area contributed by atoms with Crippen molar-refractivity contribution >= 4 is 37.2 Å². The molecule has 1 fully saturated rings. The summed E-state index contributed by atoms with van der Waals surface area (Å²) in [5.74, 6) is 1.55. The first-order chi connectivity index (χ1) is 30.4. The number of rotatable bonds is 16. The molecular formula is C42H42N10O9S2. The highest BCUT2D eigenvalue weighted by molar-refractivity contribution is 7.92. The Balaban J connectivity index is 1.37. The largest absolute Gasteiger partial charge is 0.497 e. The molecule has 326 valence electrons. The Labute approximate surface area is 362 Å². The topological polar surface area (TPSA) is 237 Å². The van der Waals surface area contributed by atoms with Crippen LogP contribution in [0.1, 0.15) is 23.1 Å². The maximum absolute atomic E-state index is 16.0. The molecule has 0 radical (unpaired) electrons. The lowest BCUT2D eigenvalue weighted by molar-refractivity contribution is 0.155. The van der Waals surface area contributed by atoms with Crippen molar-refractivity contribution in [3.8, 4) is 39.8 Å². The van der Waals surface area contributed by atoms with E-state index in [1.54, 1.807) is 86.0 Å². The molecule has 5 aromatic carbocycles. The van der Waals surface area contributed by atoms with Crippen LogP contribution in [-0.2, 0) is 39.7 Å². The molecule has 2 aromatic heterocycles. The molecule has 1 aliphatic heterocycles. The van der Waals surface area contributed by atoms with Crippen LogP contribution in [0.5, 0.6) is 17.2 Å². The van der Waals surface area contributed by atoms with E-state index >= 15 is 8.42 Å². The third-order valence-electron chi connectivity index (χ3n) is 10.6. The fourth-order valence-electron chi connectivity index (χ4n) is 7.41. The van der Waals surface area contributed by atoms with Gasteiger partial charge in [0, 0.05) is 37.8 Å². The highest BCUT2D eigenvalue weighted by atomic mass is 32.2. The summed E-state index contributed by atoms with van der Waals surface area (Å²) in [6.07, 6.45) is -1.04. The Morgan fingerprint density at radius 2 is 1.40 bits per heavy atom. The van der Waals surface area contributed by atoms with E-state index in [9.17, 15) is 18.3 Å². The van der Waals surface area contributed by atoms with Crippen LogP contribution in [-0.4, -0.2) is 113 Å². The smallest absolute Gasteiger partial charge is 0.407 e. The summed E-state index contributed by atoms with van der Waals surface area (Å²) in [5, 5.41) is 34.1. The first-order valence-electron chi connectivity index (χ1n) is 19.5. The van der Waals surface area contributed by atoms with Crippen molar-refractivity contribution in [1.82, 2.24) is 49.5 Å². The number of sulfonamides is 2. The number of aromatic amines is 1. The number of hydrogen-bond donors (Lipinski definition) is 3. The molecule has 1 amide bonds. The van der Waals surface area contributed by atoms with Crippen LogP contribution in [0.25, 0.3) is 33.5 Å². The quantitative estimate of drug-likeness (QED) is 0.119. The molecule has 0 unspecified atom stereocenters. The number of nitrogens with one attached hydrogen (secondary N) is 2.